The van der Waals surface area contributed by atoms with Gasteiger partial charge in [-0.05, 0) is 30.3 Å². The van der Waals surface area contributed by atoms with E-state index in [4.69, 9.17) is 5.11 Å². The number of rotatable bonds is 5. The van der Waals surface area contributed by atoms with E-state index in [-0.39, 0.29) is 33.2 Å². The van der Waals surface area contributed by atoms with Crippen LogP contribution in [-0.4, -0.2) is 21.8 Å². The Hall–Kier alpha value is -3.64. The third-order valence-electron chi connectivity index (χ3n) is 3.46. The molecular weight excluding hydrogens is 374 g/mol. The van der Waals surface area contributed by atoms with E-state index in [1.54, 1.807) is 12.1 Å². The molecule has 9 heteroatoms. The maximum atomic E-state index is 13.9. The molecule has 0 aliphatic heterocycles. The van der Waals surface area contributed by atoms with Gasteiger partial charge in [0.2, 0.25) is 0 Å². The third-order valence-corrected chi connectivity index (χ3v) is 4.31. The number of nitrogens with zero attached hydrogens (tertiary/aromatic N) is 3. The Labute approximate surface area is 156 Å². The molecule has 0 amide bonds. The van der Waals surface area contributed by atoms with Crippen LogP contribution in [0, 0.1) is 23.0 Å². The second-order valence-electron chi connectivity index (χ2n) is 5.20. The maximum absolute atomic E-state index is 13.9. The second kappa shape index (κ2) is 7.72. The summed E-state index contributed by atoms with van der Waals surface area (Å²) in [5, 5.41) is 24.0. The van der Waals surface area contributed by atoms with Crippen molar-refractivity contribution in [3.8, 4) is 17.3 Å². The first-order valence-electron chi connectivity index (χ1n) is 7.47. The van der Waals surface area contributed by atoms with Crippen molar-refractivity contribution in [2.75, 3.05) is 5.43 Å². The van der Waals surface area contributed by atoms with Crippen molar-refractivity contribution < 1.29 is 18.7 Å². The molecule has 0 bridgehead atoms. The summed E-state index contributed by atoms with van der Waals surface area (Å²) in [7, 11) is 0. The van der Waals surface area contributed by atoms with Gasteiger partial charge in [0.1, 0.15) is 17.7 Å². The van der Waals surface area contributed by atoms with Gasteiger partial charge in [-0.15, -0.1) is 11.3 Å². The van der Waals surface area contributed by atoms with Gasteiger partial charge in [-0.1, -0.05) is 12.1 Å². The number of aromatic carboxylic acids is 1. The van der Waals surface area contributed by atoms with Gasteiger partial charge in [-0.25, -0.2) is 18.6 Å². The molecule has 3 rings (SSSR count). The van der Waals surface area contributed by atoms with Crippen LogP contribution >= 0.6 is 11.3 Å². The van der Waals surface area contributed by atoms with Gasteiger partial charge in [0.05, 0.1) is 16.9 Å². The number of aromatic nitrogens is 1. The summed E-state index contributed by atoms with van der Waals surface area (Å²) < 4.78 is 27.2. The standard InChI is InChI=1S/C18H10F2N4O2S/c19-10-5-6-13(20)12(7-10)16-9-27-17(22-16)15(8-21)24-23-14-4-2-1-3-11(14)18(25)26/h1-7,9,23H,(H,25,26)/b24-15-. The number of halogens is 2. The van der Waals surface area contributed by atoms with Crippen LogP contribution in [0.15, 0.2) is 52.9 Å². The van der Waals surface area contributed by atoms with Gasteiger partial charge < -0.3 is 5.11 Å². The third kappa shape index (κ3) is 3.96. The van der Waals surface area contributed by atoms with E-state index in [0.29, 0.717) is 0 Å². The molecule has 0 unspecified atom stereocenters. The van der Waals surface area contributed by atoms with Crippen LogP contribution in [0.2, 0.25) is 0 Å². The molecule has 2 N–H and O–H groups in total. The first-order chi connectivity index (χ1) is 13.0. The summed E-state index contributed by atoms with van der Waals surface area (Å²) in [4.78, 5) is 15.3. The monoisotopic (exact) mass is 384 g/mol. The first-order valence-corrected chi connectivity index (χ1v) is 8.35. The number of hydrogen-bond donors (Lipinski definition) is 2. The highest BCUT2D eigenvalue weighted by Gasteiger charge is 2.15. The van der Waals surface area contributed by atoms with Crippen LogP contribution in [0.25, 0.3) is 11.3 Å². The number of benzene rings is 2. The fourth-order valence-corrected chi connectivity index (χ4v) is 2.96. The molecule has 0 aliphatic carbocycles. The van der Waals surface area contributed by atoms with Gasteiger partial charge >= 0.3 is 5.97 Å². The zero-order chi connectivity index (χ0) is 19.4. The van der Waals surface area contributed by atoms with E-state index in [2.05, 4.69) is 15.5 Å². The quantitative estimate of drug-likeness (QED) is 0.509. The molecule has 134 valence electrons. The van der Waals surface area contributed by atoms with Crippen LogP contribution < -0.4 is 5.43 Å². The summed E-state index contributed by atoms with van der Waals surface area (Å²) in [5.41, 5.74) is 2.73. The smallest absolute Gasteiger partial charge is 0.337 e. The van der Waals surface area contributed by atoms with Gasteiger partial charge in [-0.3, -0.25) is 5.43 Å². The first kappa shape index (κ1) is 18.2. The number of para-hydroxylation sites is 1. The zero-order valence-corrected chi connectivity index (χ0v) is 14.3. The summed E-state index contributed by atoms with van der Waals surface area (Å²) >= 11 is 1.03. The van der Waals surface area contributed by atoms with Gasteiger partial charge in [-0.2, -0.15) is 10.4 Å². The molecule has 0 saturated carbocycles. The van der Waals surface area contributed by atoms with Crippen molar-refractivity contribution >= 4 is 28.7 Å². The molecule has 0 aliphatic rings. The molecule has 27 heavy (non-hydrogen) atoms. The maximum Gasteiger partial charge on any atom is 0.337 e. The van der Waals surface area contributed by atoms with E-state index in [1.165, 1.54) is 17.5 Å². The van der Waals surface area contributed by atoms with E-state index in [1.807, 2.05) is 6.07 Å². The molecule has 0 radical (unpaired) electrons. The summed E-state index contributed by atoms with van der Waals surface area (Å²) in [5.74, 6) is -2.40. The average Bonchev–Trinajstić information content (AvgIpc) is 3.14. The van der Waals surface area contributed by atoms with Crippen LogP contribution in [0.5, 0.6) is 0 Å². The summed E-state index contributed by atoms with van der Waals surface area (Å²) in [6, 6.07) is 10.9. The molecule has 2 aromatic carbocycles. The van der Waals surface area contributed by atoms with Gasteiger partial charge in [0, 0.05) is 10.9 Å². The minimum absolute atomic E-state index is 0.0137. The van der Waals surface area contributed by atoms with Crippen molar-refractivity contribution in [1.29, 1.82) is 5.26 Å². The molecule has 3 aromatic rings. The van der Waals surface area contributed by atoms with Crippen molar-refractivity contribution in [3.05, 3.63) is 70.1 Å². The number of nitrogens with one attached hydrogen (secondary N) is 1. The Morgan fingerprint density at radius 1 is 1.26 bits per heavy atom. The van der Waals surface area contributed by atoms with Crippen LogP contribution in [0.3, 0.4) is 0 Å². The minimum atomic E-state index is -1.15. The molecule has 1 heterocycles. The number of thiazole rings is 1. The lowest BCUT2D eigenvalue weighted by molar-refractivity contribution is 0.0698. The van der Waals surface area contributed by atoms with E-state index in [9.17, 15) is 18.8 Å². The molecular formula is C18H10F2N4O2S. The number of carboxylic acids is 1. The number of anilines is 1. The van der Waals surface area contributed by atoms with E-state index >= 15 is 0 Å². The lowest BCUT2D eigenvalue weighted by Gasteiger charge is -2.04. The largest absolute Gasteiger partial charge is 0.478 e. The highest BCUT2D eigenvalue weighted by molar-refractivity contribution is 7.12. The molecule has 1 aromatic heterocycles. The van der Waals surface area contributed by atoms with E-state index in [0.717, 1.165) is 29.5 Å². The van der Waals surface area contributed by atoms with Crippen molar-refractivity contribution in [3.63, 3.8) is 0 Å². The lowest BCUT2D eigenvalue weighted by atomic mass is 10.1. The fourth-order valence-electron chi connectivity index (χ4n) is 2.20. The zero-order valence-electron chi connectivity index (χ0n) is 13.5. The predicted molar refractivity (Wildman–Crippen MR) is 96.6 cm³/mol. The highest BCUT2D eigenvalue weighted by Crippen LogP contribution is 2.26. The Balaban J connectivity index is 1.90. The number of carbonyl (C=O) groups is 1. The van der Waals surface area contributed by atoms with E-state index < -0.39 is 17.6 Å². The summed E-state index contributed by atoms with van der Waals surface area (Å²) in [6.45, 7) is 0. The highest BCUT2D eigenvalue weighted by atomic mass is 32.1. The molecule has 0 spiro atoms. The van der Waals surface area contributed by atoms with Crippen molar-refractivity contribution in [2.24, 2.45) is 5.10 Å². The normalized spacial score (nSPS) is 11.1. The second-order valence-corrected chi connectivity index (χ2v) is 6.05. The number of nitriles is 1. The van der Waals surface area contributed by atoms with Crippen LogP contribution in [0.4, 0.5) is 14.5 Å². The Kier molecular flexibility index (Phi) is 5.19. The molecule has 0 fully saturated rings. The Morgan fingerprint density at radius 3 is 2.78 bits per heavy atom. The van der Waals surface area contributed by atoms with Crippen LogP contribution in [-0.2, 0) is 0 Å². The van der Waals surface area contributed by atoms with Crippen LogP contribution in [0.1, 0.15) is 15.4 Å². The van der Waals surface area contributed by atoms with Crippen molar-refractivity contribution in [2.45, 2.75) is 0 Å². The average molecular weight is 384 g/mol. The lowest BCUT2D eigenvalue weighted by Crippen LogP contribution is -2.05. The Morgan fingerprint density at radius 2 is 2.04 bits per heavy atom. The predicted octanol–water partition coefficient (Wildman–Crippen LogP) is 4.13. The Bertz CT molecular complexity index is 1090. The number of hydrazone groups is 1. The molecule has 0 atom stereocenters. The topological polar surface area (TPSA) is 98.4 Å². The number of hydrogen-bond acceptors (Lipinski definition) is 6. The fraction of sp³-hybridized carbons (Fsp3) is 0. The SMILES string of the molecule is N#C/C(=N/Nc1ccccc1C(=O)O)c1nc(-c2cc(F)ccc2F)cs1. The molecule has 6 nitrogen and oxygen atoms in total. The van der Waals surface area contributed by atoms with Gasteiger partial charge in [0.15, 0.2) is 10.7 Å². The number of carboxylic acid groups (broad SMARTS) is 1. The molecule has 0 saturated heterocycles. The minimum Gasteiger partial charge on any atom is -0.478 e. The van der Waals surface area contributed by atoms with Gasteiger partial charge in [0.25, 0.3) is 0 Å². The summed E-state index contributed by atoms with van der Waals surface area (Å²) in [6.07, 6.45) is 0. The van der Waals surface area contributed by atoms with Crippen molar-refractivity contribution in [1.82, 2.24) is 4.98 Å².